The molecular formula is C9H8BrFS. The van der Waals surface area contributed by atoms with Crippen molar-refractivity contribution < 1.29 is 4.39 Å². The lowest BCUT2D eigenvalue weighted by molar-refractivity contribution is 0.328. The van der Waals surface area contributed by atoms with Crippen molar-refractivity contribution in [3.8, 4) is 0 Å². The van der Waals surface area contributed by atoms with Crippen molar-refractivity contribution in [1.29, 1.82) is 0 Å². The van der Waals surface area contributed by atoms with Gasteiger partial charge in [-0.15, -0.1) is 11.8 Å². The van der Waals surface area contributed by atoms with E-state index in [9.17, 15) is 4.39 Å². The molecule has 2 rings (SSSR count). The van der Waals surface area contributed by atoms with Crippen LogP contribution in [0.15, 0.2) is 27.6 Å². The third kappa shape index (κ3) is 1.52. The van der Waals surface area contributed by atoms with Crippen LogP contribution < -0.4 is 0 Å². The zero-order chi connectivity index (χ0) is 8.55. The van der Waals surface area contributed by atoms with Crippen LogP contribution in [0.5, 0.6) is 0 Å². The highest BCUT2D eigenvalue weighted by Crippen LogP contribution is 2.39. The minimum atomic E-state index is -0.765. The van der Waals surface area contributed by atoms with Gasteiger partial charge in [0.1, 0.15) is 6.17 Å². The summed E-state index contributed by atoms with van der Waals surface area (Å²) in [7, 11) is 0. The molecule has 1 unspecified atom stereocenters. The minimum absolute atomic E-state index is 0.647. The average Bonchev–Trinajstić information content (AvgIpc) is 2.07. The zero-order valence-electron chi connectivity index (χ0n) is 6.39. The Morgan fingerprint density at radius 3 is 3.17 bits per heavy atom. The van der Waals surface area contributed by atoms with Gasteiger partial charge in [0.2, 0.25) is 0 Å². The van der Waals surface area contributed by atoms with Gasteiger partial charge in [-0.2, -0.15) is 0 Å². The SMILES string of the molecule is FC1CCSc2ccc(Br)cc21. The molecule has 0 aromatic heterocycles. The van der Waals surface area contributed by atoms with Crippen LogP contribution in [0.2, 0.25) is 0 Å². The molecular weight excluding hydrogens is 239 g/mol. The van der Waals surface area contributed by atoms with E-state index >= 15 is 0 Å². The highest BCUT2D eigenvalue weighted by atomic mass is 79.9. The molecule has 0 radical (unpaired) electrons. The van der Waals surface area contributed by atoms with Gasteiger partial charge in [-0.25, -0.2) is 4.39 Å². The molecule has 1 aromatic carbocycles. The summed E-state index contributed by atoms with van der Waals surface area (Å²) < 4.78 is 14.3. The summed E-state index contributed by atoms with van der Waals surface area (Å²) in [5.74, 6) is 0.899. The van der Waals surface area contributed by atoms with Gasteiger partial charge in [0.05, 0.1) is 0 Å². The first-order valence-electron chi connectivity index (χ1n) is 3.83. The van der Waals surface area contributed by atoms with E-state index in [1.54, 1.807) is 11.8 Å². The largest absolute Gasteiger partial charge is 0.242 e. The molecule has 1 aliphatic rings. The monoisotopic (exact) mass is 246 g/mol. The second-order valence-corrected chi connectivity index (χ2v) is 4.84. The summed E-state index contributed by atoms with van der Waals surface area (Å²) in [6.07, 6.45) is -0.118. The van der Waals surface area contributed by atoms with Crippen molar-refractivity contribution in [2.24, 2.45) is 0 Å². The molecule has 0 spiro atoms. The zero-order valence-corrected chi connectivity index (χ0v) is 8.79. The van der Waals surface area contributed by atoms with E-state index in [0.29, 0.717) is 6.42 Å². The first kappa shape index (κ1) is 8.57. The molecule has 0 fully saturated rings. The average molecular weight is 247 g/mol. The predicted octanol–water partition coefficient (Wildman–Crippen LogP) is 3.96. The first-order chi connectivity index (χ1) is 5.77. The van der Waals surface area contributed by atoms with Crippen LogP contribution in [0.25, 0.3) is 0 Å². The van der Waals surface area contributed by atoms with Crippen LogP contribution in [-0.2, 0) is 0 Å². The smallest absolute Gasteiger partial charge is 0.127 e. The first-order valence-corrected chi connectivity index (χ1v) is 5.61. The van der Waals surface area contributed by atoms with Crippen molar-refractivity contribution >= 4 is 27.7 Å². The third-order valence-electron chi connectivity index (χ3n) is 1.94. The van der Waals surface area contributed by atoms with Crippen molar-refractivity contribution in [1.82, 2.24) is 0 Å². The summed E-state index contributed by atoms with van der Waals surface area (Å²) in [6.45, 7) is 0. The second-order valence-electron chi connectivity index (χ2n) is 2.79. The predicted molar refractivity (Wildman–Crippen MR) is 53.3 cm³/mol. The van der Waals surface area contributed by atoms with Gasteiger partial charge < -0.3 is 0 Å². The van der Waals surface area contributed by atoms with Gasteiger partial charge in [-0.3, -0.25) is 0 Å². The standard InChI is InChI=1S/C9H8BrFS/c10-6-1-2-9-7(5-6)8(11)3-4-12-9/h1-2,5,8H,3-4H2. The van der Waals surface area contributed by atoms with E-state index < -0.39 is 6.17 Å². The van der Waals surface area contributed by atoms with Gasteiger partial charge in [0.25, 0.3) is 0 Å². The Morgan fingerprint density at radius 1 is 1.50 bits per heavy atom. The summed E-state index contributed by atoms with van der Waals surface area (Å²) in [5, 5.41) is 0. The van der Waals surface area contributed by atoms with E-state index in [2.05, 4.69) is 15.9 Å². The van der Waals surface area contributed by atoms with Crippen LogP contribution in [-0.4, -0.2) is 5.75 Å². The van der Waals surface area contributed by atoms with Crippen molar-refractivity contribution in [2.45, 2.75) is 17.5 Å². The van der Waals surface area contributed by atoms with Crippen LogP contribution in [0.1, 0.15) is 18.2 Å². The molecule has 64 valence electrons. The maximum atomic E-state index is 13.3. The molecule has 0 aliphatic carbocycles. The lowest BCUT2D eigenvalue weighted by atomic mass is 10.1. The molecule has 1 atom stereocenters. The summed E-state index contributed by atoms with van der Waals surface area (Å²) >= 11 is 5.08. The molecule has 0 amide bonds. The van der Waals surface area contributed by atoms with E-state index in [4.69, 9.17) is 0 Å². The summed E-state index contributed by atoms with van der Waals surface area (Å²) in [4.78, 5) is 1.09. The Labute approximate surface area is 83.7 Å². The van der Waals surface area contributed by atoms with E-state index in [1.807, 2.05) is 18.2 Å². The van der Waals surface area contributed by atoms with Crippen LogP contribution in [0.3, 0.4) is 0 Å². The van der Waals surface area contributed by atoms with E-state index in [0.717, 1.165) is 20.7 Å². The normalized spacial score (nSPS) is 22.0. The maximum absolute atomic E-state index is 13.3. The Kier molecular flexibility index (Phi) is 2.42. The highest BCUT2D eigenvalue weighted by molar-refractivity contribution is 9.10. The highest BCUT2D eigenvalue weighted by Gasteiger charge is 2.19. The molecule has 3 heteroatoms. The van der Waals surface area contributed by atoms with Gasteiger partial charge in [-0.1, -0.05) is 15.9 Å². The minimum Gasteiger partial charge on any atom is -0.242 e. The molecule has 0 bridgehead atoms. The number of fused-ring (bicyclic) bond motifs is 1. The Bertz CT molecular complexity index is 301. The lowest BCUT2D eigenvalue weighted by Gasteiger charge is -2.18. The summed E-state index contributed by atoms with van der Waals surface area (Å²) in [5.41, 5.74) is 0.848. The fourth-order valence-electron chi connectivity index (χ4n) is 1.32. The quantitative estimate of drug-likeness (QED) is 0.668. The van der Waals surface area contributed by atoms with Crippen LogP contribution in [0, 0.1) is 0 Å². The number of hydrogen-bond donors (Lipinski definition) is 0. The molecule has 0 saturated carbocycles. The maximum Gasteiger partial charge on any atom is 0.127 e. The van der Waals surface area contributed by atoms with Gasteiger partial charge in [-0.05, 0) is 24.6 Å². The second kappa shape index (κ2) is 3.38. The number of alkyl halides is 1. The number of hydrogen-bond acceptors (Lipinski definition) is 1. The molecule has 1 heterocycles. The molecule has 1 aliphatic heterocycles. The Hall–Kier alpha value is -0.0200. The van der Waals surface area contributed by atoms with Crippen LogP contribution >= 0.6 is 27.7 Å². The lowest BCUT2D eigenvalue weighted by Crippen LogP contribution is -2.02. The van der Waals surface area contributed by atoms with Crippen LogP contribution in [0.4, 0.5) is 4.39 Å². The molecule has 0 nitrogen and oxygen atoms in total. The third-order valence-corrected chi connectivity index (χ3v) is 3.55. The Balaban J connectivity index is 2.47. The van der Waals surface area contributed by atoms with Crippen molar-refractivity contribution in [3.63, 3.8) is 0 Å². The number of halogens is 2. The number of thioether (sulfide) groups is 1. The number of rotatable bonds is 0. The Morgan fingerprint density at radius 2 is 2.33 bits per heavy atom. The molecule has 0 N–H and O–H groups in total. The van der Waals surface area contributed by atoms with Gasteiger partial charge in [0, 0.05) is 20.7 Å². The molecule has 0 saturated heterocycles. The number of benzene rings is 1. The van der Waals surface area contributed by atoms with Crippen molar-refractivity contribution in [3.05, 3.63) is 28.2 Å². The fourth-order valence-corrected chi connectivity index (χ4v) is 2.76. The molecule has 12 heavy (non-hydrogen) atoms. The fraction of sp³-hybridized carbons (Fsp3) is 0.333. The van der Waals surface area contributed by atoms with Gasteiger partial charge in [0.15, 0.2) is 0 Å². The van der Waals surface area contributed by atoms with Gasteiger partial charge >= 0.3 is 0 Å². The van der Waals surface area contributed by atoms with E-state index in [1.165, 1.54) is 0 Å². The topological polar surface area (TPSA) is 0 Å². The molecule has 1 aromatic rings. The van der Waals surface area contributed by atoms with Crippen molar-refractivity contribution in [2.75, 3.05) is 5.75 Å². The summed E-state index contributed by atoms with van der Waals surface area (Å²) in [6, 6.07) is 5.83. The van der Waals surface area contributed by atoms with E-state index in [-0.39, 0.29) is 0 Å².